The second kappa shape index (κ2) is 5.44. The molecule has 2 fully saturated rings. The van der Waals surface area contributed by atoms with E-state index in [4.69, 9.17) is 0 Å². The fourth-order valence-electron chi connectivity index (χ4n) is 3.36. The molecule has 0 radical (unpaired) electrons. The van der Waals surface area contributed by atoms with Gasteiger partial charge in [-0.2, -0.15) is 0 Å². The summed E-state index contributed by atoms with van der Waals surface area (Å²) in [5, 5.41) is 0. The number of halogens is 1. The number of fused-ring (bicyclic) bond motifs is 1. The fourth-order valence-corrected chi connectivity index (χ4v) is 3.75. The van der Waals surface area contributed by atoms with E-state index >= 15 is 0 Å². The minimum atomic E-state index is -0.402. The van der Waals surface area contributed by atoms with Crippen molar-refractivity contribution < 1.29 is 9.59 Å². The zero-order valence-electron chi connectivity index (χ0n) is 12.3. The van der Waals surface area contributed by atoms with Gasteiger partial charge in [0, 0.05) is 16.7 Å². The Bertz CT molecular complexity index is 587. The summed E-state index contributed by atoms with van der Waals surface area (Å²) in [6, 6.07) is 6.95. The van der Waals surface area contributed by atoms with Crippen molar-refractivity contribution in [3.05, 3.63) is 28.7 Å². The van der Waals surface area contributed by atoms with Crippen molar-refractivity contribution in [3.8, 4) is 0 Å². The molecule has 2 heterocycles. The van der Waals surface area contributed by atoms with Gasteiger partial charge in [-0.1, -0.05) is 35.8 Å². The highest BCUT2D eigenvalue weighted by molar-refractivity contribution is 9.10. The number of nitrogens with zero attached hydrogens (tertiary/aromatic N) is 2. The summed E-state index contributed by atoms with van der Waals surface area (Å²) in [5.74, 6) is 0.234. The third-order valence-corrected chi connectivity index (χ3v) is 4.80. The first-order valence-corrected chi connectivity index (χ1v) is 8.19. The molecule has 3 rings (SSSR count). The molecule has 1 aromatic rings. The number of hydrogen-bond donors (Lipinski definition) is 0. The first-order valence-electron chi connectivity index (χ1n) is 7.40. The van der Waals surface area contributed by atoms with Crippen molar-refractivity contribution in [3.63, 3.8) is 0 Å². The van der Waals surface area contributed by atoms with E-state index in [1.807, 2.05) is 38.1 Å². The molecular formula is C16H19BrN2O2. The van der Waals surface area contributed by atoms with Gasteiger partial charge < -0.3 is 4.90 Å². The molecule has 0 N–H and O–H groups in total. The Morgan fingerprint density at radius 2 is 2.00 bits per heavy atom. The van der Waals surface area contributed by atoms with Crippen LogP contribution in [0.25, 0.3) is 0 Å². The highest BCUT2D eigenvalue weighted by Gasteiger charge is 2.49. The van der Waals surface area contributed by atoms with Crippen molar-refractivity contribution in [1.82, 2.24) is 4.90 Å². The van der Waals surface area contributed by atoms with Crippen LogP contribution >= 0.6 is 15.9 Å². The Hall–Kier alpha value is -1.36. The van der Waals surface area contributed by atoms with Crippen LogP contribution < -0.4 is 4.90 Å². The quantitative estimate of drug-likeness (QED) is 0.822. The van der Waals surface area contributed by atoms with Gasteiger partial charge in [0.2, 0.25) is 5.91 Å². The summed E-state index contributed by atoms with van der Waals surface area (Å²) in [7, 11) is 0. The van der Waals surface area contributed by atoms with Crippen LogP contribution in [0.2, 0.25) is 0 Å². The van der Waals surface area contributed by atoms with E-state index < -0.39 is 6.04 Å². The van der Waals surface area contributed by atoms with Crippen molar-refractivity contribution in [2.24, 2.45) is 5.92 Å². The smallest absolute Gasteiger partial charge is 0.250 e. The Labute approximate surface area is 133 Å². The number of hydrogen-bond acceptors (Lipinski definition) is 2. The molecule has 2 amide bonds. The van der Waals surface area contributed by atoms with E-state index in [-0.39, 0.29) is 23.8 Å². The number of piperazine rings is 1. The third kappa shape index (κ3) is 2.37. The summed E-state index contributed by atoms with van der Waals surface area (Å²) < 4.78 is 0.914. The molecule has 2 atom stereocenters. The molecule has 1 aromatic carbocycles. The number of rotatable bonds is 2. The van der Waals surface area contributed by atoms with E-state index in [9.17, 15) is 9.59 Å². The highest BCUT2D eigenvalue weighted by atomic mass is 79.9. The molecule has 0 aromatic heterocycles. The van der Waals surface area contributed by atoms with Gasteiger partial charge >= 0.3 is 0 Å². The number of amides is 2. The number of carbonyl (C=O) groups excluding carboxylic acids is 2. The predicted molar refractivity (Wildman–Crippen MR) is 85.0 cm³/mol. The van der Waals surface area contributed by atoms with Crippen molar-refractivity contribution in [2.75, 3.05) is 11.4 Å². The average Bonchev–Trinajstić information content (AvgIpc) is 2.92. The molecule has 2 aliphatic heterocycles. The monoisotopic (exact) mass is 350 g/mol. The molecule has 5 heteroatoms. The van der Waals surface area contributed by atoms with E-state index in [2.05, 4.69) is 15.9 Å². The van der Waals surface area contributed by atoms with Gasteiger partial charge in [0.25, 0.3) is 5.91 Å². The molecule has 112 valence electrons. The minimum Gasteiger partial charge on any atom is -0.329 e. The van der Waals surface area contributed by atoms with E-state index in [0.717, 1.165) is 23.0 Å². The maximum absolute atomic E-state index is 12.9. The molecule has 21 heavy (non-hydrogen) atoms. The van der Waals surface area contributed by atoms with Gasteiger partial charge in [0.05, 0.1) is 0 Å². The molecule has 4 nitrogen and oxygen atoms in total. The zero-order chi connectivity index (χ0) is 15.1. The van der Waals surface area contributed by atoms with Gasteiger partial charge in [-0.25, -0.2) is 0 Å². The molecular weight excluding hydrogens is 332 g/mol. The van der Waals surface area contributed by atoms with Crippen molar-refractivity contribution >= 4 is 33.4 Å². The number of benzene rings is 1. The average molecular weight is 351 g/mol. The van der Waals surface area contributed by atoms with Gasteiger partial charge in [0.1, 0.15) is 12.1 Å². The standard InChI is InChI=1S/C16H19BrN2O2/c1-10(2)14-16(21)18-8-4-7-13(18)15(20)19(14)12-6-3-5-11(17)9-12/h3,5-6,9-10,13-14H,4,7-8H2,1-2H3. The van der Waals surface area contributed by atoms with Crippen molar-refractivity contribution in [2.45, 2.75) is 38.8 Å². The van der Waals surface area contributed by atoms with Gasteiger partial charge in [-0.3, -0.25) is 14.5 Å². The normalized spacial score (nSPS) is 25.7. The second-order valence-corrected chi connectivity index (χ2v) is 6.98. The summed E-state index contributed by atoms with van der Waals surface area (Å²) in [6.07, 6.45) is 1.69. The summed E-state index contributed by atoms with van der Waals surface area (Å²) in [5.41, 5.74) is 0.799. The highest BCUT2D eigenvalue weighted by Crippen LogP contribution is 2.34. The topological polar surface area (TPSA) is 40.6 Å². The zero-order valence-corrected chi connectivity index (χ0v) is 13.8. The number of anilines is 1. The maximum atomic E-state index is 12.9. The van der Waals surface area contributed by atoms with Crippen LogP contribution in [-0.2, 0) is 9.59 Å². The first-order chi connectivity index (χ1) is 10.0. The molecule has 2 unspecified atom stereocenters. The van der Waals surface area contributed by atoms with E-state index in [0.29, 0.717) is 6.54 Å². The predicted octanol–water partition coefficient (Wildman–Crippen LogP) is 2.81. The van der Waals surface area contributed by atoms with Crippen LogP contribution in [-0.4, -0.2) is 35.3 Å². The summed E-state index contributed by atoms with van der Waals surface area (Å²) >= 11 is 3.44. The van der Waals surface area contributed by atoms with Crippen LogP contribution in [0.4, 0.5) is 5.69 Å². The lowest BCUT2D eigenvalue weighted by Crippen LogP contribution is -2.64. The third-order valence-electron chi connectivity index (χ3n) is 4.31. The molecule has 0 saturated carbocycles. The van der Waals surface area contributed by atoms with E-state index in [1.165, 1.54) is 0 Å². The van der Waals surface area contributed by atoms with Gasteiger partial charge in [-0.05, 0) is 37.0 Å². The largest absolute Gasteiger partial charge is 0.329 e. The fraction of sp³-hybridized carbons (Fsp3) is 0.500. The minimum absolute atomic E-state index is 0.0592. The van der Waals surface area contributed by atoms with Crippen LogP contribution in [0.1, 0.15) is 26.7 Å². The maximum Gasteiger partial charge on any atom is 0.250 e. The lowest BCUT2D eigenvalue weighted by atomic mass is 9.95. The second-order valence-electron chi connectivity index (χ2n) is 6.07. The Morgan fingerprint density at radius 1 is 1.24 bits per heavy atom. The Morgan fingerprint density at radius 3 is 2.67 bits per heavy atom. The van der Waals surface area contributed by atoms with E-state index in [1.54, 1.807) is 9.80 Å². The molecule has 2 saturated heterocycles. The lowest BCUT2D eigenvalue weighted by Gasteiger charge is -2.44. The van der Waals surface area contributed by atoms with Gasteiger partial charge in [-0.15, -0.1) is 0 Å². The molecule has 0 bridgehead atoms. The van der Waals surface area contributed by atoms with Crippen LogP contribution in [0.15, 0.2) is 28.7 Å². The van der Waals surface area contributed by atoms with Crippen molar-refractivity contribution in [1.29, 1.82) is 0 Å². The van der Waals surface area contributed by atoms with Crippen LogP contribution in [0.3, 0.4) is 0 Å². The summed E-state index contributed by atoms with van der Waals surface area (Å²) in [6.45, 7) is 4.71. The summed E-state index contributed by atoms with van der Waals surface area (Å²) in [4.78, 5) is 29.2. The Kier molecular flexibility index (Phi) is 3.78. The first kappa shape index (κ1) is 14.6. The molecule has 2 aliphatic rings. The molecule has 0 aliphatic carbocycles. The van der Waals surface area contributed by atoms with Crippen LogP contribution in [0, 0.1) is 5.92 Å². The lowest BCUT2D eigenvalue weighted by molar-refractivity contribution is -0.145. The number of carbonyl (C=O) groups is 2. The Balaban J connectivity index is 2.06. The SMILES string of the molecule is CC(C)C1C(=O)N2CCCC2C(=O)N1c1cccc(Br)c1. The molecule has 0 spiro atoms. The van der Waals surface area contributed by atoms with Crippen LogP contribution in [0.5, 0.6) is 0 Å². The van der Waals surface area contributed by atoms with Gasteiger partial charge in [0.15, 0.2) is 0 Å².